The van der Waals surface area contributed by atoms with Crippen LogP contribution in [0.2, 0.25) is 0 Å². The van der Waals surface area contributed by atoms with Crippen molar-refractivity contribution in [1.82, 2.24) is 0 Å². The first-order valence-electron chi connectivity index (χ1n) is 3.73. The lowest BCUT2D eigenvalue weighted by molar-refractivity contribution is -0.274. The van der Waals surface area contributed by atoms with Crippen molar-refractivity contribution in [3.8, 4) is 5.75 Å². The zero-order valence-corrected chi connectivity index (χ0v) is 9.58. The van der Waals surface area contributed by atoms with Gasteiger partial charge < -0.3 is 10.5 Å². The van der Waals surface area contributed by atoms with Gasteiger partial charge in [-0.2, -0.15) is 0 Å². The molecule has 0 atom stereocenters. The third kappa shape index (κ3) is 3.46. The van der Waals surface area contributed by atoms with Crippen LogP contribution in [0.25, 0.3) is 0 Å². The van der Waals surface area contributed by atoms with E-state index in [1.165, 1.54) is 12.1 Å². The molecule has 2 N–H and O–H groups in total. The van der Waals surface area contributed by atoms with Crippen LogP contribution in [0.4, 0.5) is 18.9 Å². The predicted molar refractivity (Wildman–Crippen MR) is 54.8 cm³/mol. The fourth-order valence-corrected chi connectivity index (χ4v) is 1.73. The zero-order chi connectivity index (χ0) is 11.6. The molecule has 0 amide bonds. The van der Waals surface area contributed by atoms with Gasteiger partial charge in [-0.05, 0) is 12.1 Å². The van der Waals surface area contributed by atoms with Gasteiger partial charge in [0.1, 0.15) is 0 Å². The summed E-state index contributed by atoms with van der Waals surface area (Å²) in [5.41, 5.74) is 5.46. The molecule has 0 saturated carbocycles. The maximum absolute atomic E-state index is 12.0. The Labute approximate surface area is 97.3 Å². The summed E-state index contributed by atoms with van der Waals surface area (Å²) in [5.74, 6) is -0.560. The highest BCUT2D eigenvalue weighted by Gasteiger charge is 2.33. The van der Waals surface area contributed by atoms with Crippen LogP contribution >= 0.6 is 27.5 Å². The summed E-state index contributed by atoms with van der Waals surface area (Å²) >= 11 is 8.57. The third-order valence-electron chi connectivity index (χ3n) is 1.52. The Morgan fingerprint density at radius 2 is 2.00 bits per heavy atom. The summed E-state index contributed by atoms with van der Waals surface area (Å²) in [6.45, 7) is 0. The van der Waals surface area contributed by atoms with Gasteiger partial charge in [0.25, 0.3) is 0 Å². The van der Waals surface area contributed by atoms with Crippen LogP contribution < -0.4 is 10.5 Å². The molecule has 1 aromatic rings. The molecule has 0 aliphatic heterocycles. The molecule has 0 aliphatic rings. The van der Waals surface area contributed by atoms with E-state index in [0.717, 1.165) is 0 Å². The number of anilines is 1. The number of nitrogens with two attached hydrogens (primary N) is 1. The van der Waals surface area contributed by atoms with Crippen LogP contribution in [-0.2, 0) is 5.88 Å². The number of benzene rings is 1. The number of hydrogen-bond acceptors (Lipinski definition) is 2. The number of ether oxygens (including phenoxy) is 1. The molecule has 0 aliphatic carbocycles. The molecule has 0 radical (unpaired) electrons. The summed E-state index contributed by atoms with van der Waals surface area (Å²) in [4.78, 5) is 0. The quantitative estimate of drug-likeness (QED) is 0.668. The first kappa shape index (κ1) is 12.4. The van der Waals surface area contributed by atoms with Gasteiger partial charge in [-0.1, -0.05) is 15.9 Å². The molecule has 2 nitrogen and oxygen atoms in total. The van der Waals surface area contributed by atoms with E-state index in [4.69, 9.17) is 17.3 Å². The summed E-state index contributed by atoms with van der Waals surface area (Å²) in [5, 5.41) is 0. The van der Waals surface area contributed by atoms with E-state index in [2.05, 4.69) is 20.7 Å². The average molecular weight is 304 g/mol. The number of halogens is 5. The SMILES string of the molecule is Nc1cc(Br)cc(CCl)c1OC(F)(F)F. The lowest BCUT2D eigenvalue weighted by Gasteiger charge is -2.14. The second kappa shape index (κ2) is 4.49. The van der Waals surface area contributed by atoms with E-state index >= 15 is 0 Å². The maximum Gasteiger partial charge on any atom is 0.573 e. The Morgan fingerprint density at radius 1 is 1.40 bits per heavy atom. The molecule has 0 saturated heterocycles. The Balaban J connectivity index is 3.15. The van der Waals surface area contributed by atoms with Gasteiger partial charge in [0.05, 0.1) is 11.6 Å². The summed E-state index contributed by atoms with van der Waals surface area (Å²) < 4.78 is 40.3. The highest BCUT2D eigenvalue weighted by molar-refractivity contribution is 9.10. The largest absolute Gasteiger partial charge is 0.573 e. The fraction of sp³-hybridized carbons (Fsp3) is 0.250. The highest BCUT2D eigenvalue weighted by atomic mass is 79.9. The molecule has 0 aromatic heterocycles. The van der Waals surface area contributed by atoms with E-state index in [0.29, 0.717) is 4.47 Å². The maximum atomic E-state index is 12.0. The number of alkyl halides is 4. The van der Waals surface area contributed by atoms with Gasteiger partial charge in [0.2, 0.25) is 0 Å². The van der Waals surface area contributed by atoms with Crippen LogP contribution in [-0.4, -0.2) is 6.36 Å². The van der Waals surface area contributed by atoms with Crippen LogP contribution in [0, 0.1) is 0 Å². The topological polar surface area (TPSA) is 35.2 Å². The second-order valence-corrected chi connectivity index (χ2v) is 3.85. The van der Waals surface area contributed by atoms with Crippen LogP contribution in [0.15, 0.2) is 16.6 Å². The summed E-state index contributed by atoms with van der Waals surface area (Å²) in [6, 6.07) is 2.74. The molecule has 0 fully saturated rings. The molecular formula is C8H6BrClF3NO. The highest BCUT2D eigenvalue weighted by Crippen LogP contribution is 2.35. The zero-order valence-electron chi connectivity index (χ0n) is 7.24. The lowest BCUT2D eigenvalue weighted by Crippen LogP contribution is -2.19. The van der Waals surface area contributed by atoms with Crippen molar-refractivity contribution in [2.45, 2.75) is 12.2 Å². The smallest absolute Gasteiger partial charge is 0.403 e. The van der Waals surface area contributed by atoms with E-state index in [1.807, 2.05) is 0 Å². The standard InChI is InChI=1S/C8H6BrClF3NO/c9-5-1-4(3-10)7(6(14)2-5)15-8(11,12)13/h1-2H,3,14H2. The van der Waals surface area contributed by atoms with E-state index < -0.39 is 12.1 Å². The lowest BCUT2D eigenvalue weighted by atomic mass is 10.2. The van der Waals surface area contributed by atoms with E-state index in [-0.39, 0.29) is 17.1 Å². The molecule has 7 heteroatoms. The van der Waals surface area contributed by atoms with Crippen LogP contribution in [0.3, 0.4) is 0 Å². The van der Waals surface area contributed by atoms with Crippen molar-refractivity contribution in [2.75, 3.05) is 5.73 Å². The molecule has 84 valence electrons. The minimum Gasteiger partial charge on any atom is -0.403 e. The Morgan fingerprint density at radius 3 is 2.47 bits per heavy atom. The monoisotopic (exact) mass is 303 g/mol. The third-order valence-corrected chi connectivity index (χ3v) is 2.27. The van der Waals surface area contributed by atoms with Crippen LogP contribution in [0.1, 0.15) is 5.56 Å². The average Bonchev–Trinajstić information content (AvgIpc) is 2.07. The normalized spacial score (nSPS) is 11.5. The van der Waals surface area contributed by atoms with Crippen molar-refractivity contribution < 1.29 is 17.9 Å². The fourth-order valence-electron chi connectivity index (χ4n) is 1.01. The van der Waals surface area contributed by atoms with Crippen molar-refractivity contribution in [2.24, 2.45) is 0 Å². The Bertz CT molecular complexity index is 370. The Hall–Kier alpha value is -0.620. The predicted octanol–water partition coefficient (Wildman–Crippen LogP) is 3.67. The first-order chi connectivity index (χ1) is 6.83. The van der Waals surface area contributed by atoms with Crippen molar-refractivity contribution >= 4 is 33.2 Å². The number of hydrogen-bond donors (Lipinski definition) is 1. The van der Waals surface area contributed by atoms with Crippen molar-refractivity contribution in [3.63, 3.8) is 0 Å². The van der Waals surface area contributed by atoms with E-state index in [9.17, 15) is 13.2 Å². The first-order valence-corrected chi connectivity index (χ1v) is 5.06. The van der Waals surface area contributed by atoms with Crippen molar-refractivity contribution in [3.05, 3.63) is 22.2 Å². The van der Waals surface area contributed by atoms with Gasteiger partial charge in [-0.25, -0.2) is 0 Å². The van der Waals surface area contributed by atoms with Crippen molar-refractivity contribution in [1.29, 1.82) is 0 Å². The van der Waals surface area contributed by atoms with Gasteiger partial charge in [0, 0.05) is 10.0 Å². The van der Waals surface area contributed by atoms with Gasteiger partial charge >= 0.3 is 6.36 Å². The molecule has 0 unspecified atom stereocenters. The Kier molecular flexibility index (Phi) is 3.72. The number of rotatable bonds is 2. The molecular weight excluding hydrogens is 298 g/mol. The molecule has 1 rings (SSSR count). The van der Waals surface area contributed by atoms with E-state index in [1.54, 1.807) is 0 Å². The molecule has 0 spiro atoms. The summed E-state index contributed by atoms with van der Waals surface area (Å²) in [7, 11) is 0. The molecule has 0 bridgehead atoms. The van der Waals surface area contributed by atoms with Gasteiger partial charge in [-0.15, -0.1) is 24.8 Å². The molecule has 1 aromatic carbocycles. The minimum absolute atomic E-state index is 0.114. The van der Waals surface area contributed by atoms with Gasteiger partial charge in [0.15, 0.2) is 5.75 Å². The number of nitrogen functional groups attached to an aromatic ring is 1. The molecule has 0 heterocycles. The minimum atomic E-state index is -4.78. The van der Waals surface area contributed by atoms with Crippen LogP contribution in [0.5, 0.6) is 5.75 Å². The second-order valence-electron chi connectivity index (χ2n) is 2.66. The summed E-state index contributed by atoms with van der Waals surface area (Å²) in [6.07, 6.45) is -4.78. The van der Waals surface area contributed by atoms with Gasteiger partial charge in [-0.3, -0.25) is 0 Å². The molecule has 15 heavy (non-hydrogen) atoms.